The molecule has 18 heavy (non-hydrogen) atoms. The van der Waals surface area contributed by atoms with E-state index >= 15 is 0 Å². The lowest BCUT2D eigenvalue weighted by molar-refractivity contribution is 0.253. The van der Waals surface area contributed by atoms with E-state index in [1.807, 2.05) is 6.92 Å². The van der Waals surface area contributed by atoms with Crippen LogP contribution in [-0.2, 0) is 0 Å². The molecule has 0 bridgehead atoms. The Morgan fingerprint density at radius 3 is 3.11 bits per heavy atom. The molecule has 1 atom stereocenters. The molecule has 1 aliphatic rings. The van der Waals surface area contributed by atoms with Gasteiger partial charge in [0.25, 0.3) is 0 Å². The van der Waals surface area contributed by atoms with Crippen LogP contribution in [0.4, 0.5) is 5.82 Å². The Bertz CT molecular complexity index is 457. The fourth-order valence-corrected chi connectivity index (χ4v) is 2.25. The van der Waals surface area contributed by atoms with Gasteiger partial charge in [0.2, 0.25) is 0 Å². The van der Waals surface area contributed by atoms with Crippen LogP contribution in [0.3, 0.4) is 0 Å². The molecule has 2 heterocycles. The van der Waals surface area contributed by atoms with Crippen LogP contribution < -0.4 is 10.6 Å². The summed E-state index contributed by atoms with van der Waals surface area (Å²) in [6.07, 6.45) is 3.97. The lowest BCUT2D eigenvalue weighted by Gasteiger charge is -2.34. The van der Waals surface area contributed by atoms with Crippen molar-refractivity contribution in [2.75, 3.05) is 25.0 Å². The van der Waals surface area contributed by atoms with Crippen molar-refractivity contribution in [3.8, 4) is 6.07 Å². The largest absolute Gasteiger partial charge is 0.368 e. The first kappa shape index (κ1) is 12.8. The maximum atomic E-state index is 9.03. The second-order valence-electron chi connectivity index (χ2n) is 5.24. The molecule has 0 spiro atoms. The topological polar surface area (TPSA) is 73.6 Å². The number of hydrogen-bond donors (Lipinski definition) is 2. The standard InChI is InChI=1S/C13H19N5/c1-10-16-7-11(6-14)12(18-10)17-9-13(2)4-3-5-15-8-13/h7,15H,3-5,8-9H2,1-2H3,(H,16,17,18). The van der Waals surface area contributed by atoms with E-state index in [0.29, 0.717) is 17.2 Å². The summed E-state index contributed by atoms with van der Waals surface area (Å²) in [4.78, 5) is 8.33. The molecule has 2 N–H and O–H groups in total. The molecule has 0 amide bonds. The van der Waals surface area contributed by atoms with Gasteiger partial charge in [0.1, 0.15) is 23.3 Å². The molecule has 1 aromatic rings. The number of piperidine rings is 1. The SMILES string of the molecule is Cc1ncc(C#N)c(NCC2(C)CCCNC2)n1. The van der Waals surface area contributed by atoms with E-state index in [1.54, 1.807) is 6.20 Å². The normalized spacial score (nSPS) is 23.4. The maximum Gasteiger partial charge on any atom is 0.147 e. The quantitative estimate of drug-likeness (QED) is 0.843. The van der Waals surface area contributed by atoms with Gasteiger partial charge in [-0.2, -0.15) is 5.26 Å². The minimum absolute atomic E-state index is 0.226. The second kappa shape index (κ2) is 5.32. The van der Waals surface area contributed by atoms with Gasteiger partial charge in [0, 0.05) is 13.1 Å². The highest BCUT2D eigenvalue weighted by atomic mass is 15.0. The fraction of sp³-hybridized carbons (Fsp3) is 0.615. The van der Waals surface area contributed by atoms with E-state index in [9.17, 15) is 0 Å². The summed E-state index contributed by atoms with van der Waals surface area (Å²) >= 11 is 0. The molecule has 5 heteroatoms. The molecule has 2 rings (SSSR count). The first-order chi connectivity index (χ1) is 8.63. The van der Waals surface area contributed by atoms with E-state index in [2.05, 4.69) is 33.6 Å². The van der Waals surface area contributed by atoms with Gasteiger partial charge in [-0.05, 0) is 31.7 Å². The molecule has 0 aliphatic carbocycles. The van der Waals surface area contributed by atoms with Crippen molar-refractivity contribution in [1.82, 2.24) is 15.3 Å². The third kappa shape index (κ3) is 2.96. The molecular weight excluding hydrogens is 226 g/mol. The molecule has 1 aliphatic heterocycles. The van der Waals surface area contributed by atoms with E-state index in [0.717, 1.165) is 19.6 Å². The average molecular weight is 245 g/mol. The van der Waals surface area contributed by atoms with Crippen molar-refractivity contribution in [2.24, 2.45) is 5.41 Å². The van der Waals surface area contributed by atoms with Crippen LogP contribution in [0.2, 0.25) is 0 Å². The van der Waals surface area contributed by atoms with Crippen molar-refractivity contribution in [1.29, 1.82) is 5.26 Å². The van der Waals surface area contributed by atoms with Crippen LogP contribution >= 0.6 is 0 Å². The number of nitriles is 1. The van der Waals surface area contributed by atoms with Crippen molar-refractivity contribution < 1.29 is 0 Å². The zero-order chi connectivity index (χ0) is 13.0. The summed E-state index contributed by atoms with van der Waals surface area (Å²) in [5.41, 5.74) is 0.733. The zero-order valence-corrected chi connectivity index (χ0v) is 11.0. The Kier molecular flexibility index (Phi) is 3.78. The smallest absolute Gasteiger partial charge is 0.147 e. The number of aromatic nitrogens is 2. The maximum absolute atomic E-state index is 9.03. The average Bonchev–Trinajstić information content (AvgIpc) is 2.38. The van der Waals surface area contributed by atoms with Crippen molar-refractivity contribution in [3.63, 3.8) is 0 Å². The van der Waals surface area contributed by atoms with E-state index in [1.165, 1.54) is 12.8 Å². The van der Waals surface area contributed by atoms with Crippen molar-refractivity contribution in [2.45, 2.75) is 26.7 Å². The van der Waals surface area contributed by atoms with Gasteiger partial charge in [-0.1, -0.05) is 6.92 Å². The van der Waals surface area contributed by atoms with Gasteiger partial charge in [0.15, 0.2) is 0 Å². The minimum atomic E-state index is 0.226. The molecule has 0 radical (unpaired) electrons. The van der Waals surface area contributed by atoms with Crippen LogP contribution in [0.15, 0.2) is 6.20 Å². The summed E-state index contributed by atoms with van der Waals surface area (Å²) in [7, 11) is 0. The summed E-state index contributed by atoms with van der Waals surface area (Å²) in [5.74, 6) is 1.33. The molecule has 0 saturated carbocycles. The zero-order valence-electron chi connectivity index (χ0n) is 11.0. The van der Waals surface area contributed by atoms with Crippen LogP contribution in [0.1, 0.15) is 31.2 Å². The van der Waals surface area contributed by atoms with E-state index in [-0.39, 0.29) is 5.41 Å². The Morgan fingerprint density at radius 1 is 1.61 bits per heavy atom. The molecule has 96 valence electrons. The van der Waals surface area contributed by atoms with Crippen LogP contribution in [-0.4, -0.2) is 29.6 Å². The number of nitrogens with one attached hydrogen (secondary N) is 2. The number of nitrogens with zero attached hydrogens (tertiary/aromatic N) is 3. The highest BCUT2D eigenvalue weighted by molar-refractivity contribution is 5.50. The number of aryl methyl sites for hydroxylation is 1. The van der Waals surface area contributed by atoms with E-state index in [4.69, 9.17) is 5.26 Å². The van der Waals surface area contributed by atoms with Crippen LogP contribution in [0.25, 0.3) is 0 Å². The molecule has 1 unspecified atom stereocenters. The predicted molar refractivity (Wildman–Crippen MR) is 70.2 cm³/mol. The first-order valence-electron chi connectivity index (χ1n) is 6.31. The summed E-state index contributed by atoms with van der Waals surface area (Å²) in [6, 6.07) is 2.12. The molecule has 5 nitrogen and oxygen atoms in total. The van der Waals surface area contributed by atoms with Gasteiger partial charge in [0.05, 0.1) is 6.20 Å². The first-order valence-corrected chi connectivity index (χ1v) is 6.31. The lowest BCUT2D eigenvalue weighted by atomic mass is 9.83. The molecular formula is C13H19N5. The summed E-state index contributed by atoms with van der Waals surface area (Å²) in [5, 5.41) is 15.7. The number of anilines is 1. The Labute approximate surface area is 108 Å². The molecule has 1 fully saturated rings. The second-order valence-corrected chi connectivity index (χ2v) is 5.24. The fourth-order valence-electron chi connectivity index (χ4n) is 2.25. The predicted octanol–water partition coefficient (Wildman–Crippen LogP) is 1.46. The number of rotatable bonds is 3. The Morgan fingerprint density at radius 2 is 2.44 bits per heavy atom. The Balaban J connectivity index is 2.05. The van der Waals surface area contributed by atoms with Gasteiger partial charge < -0.3 is 10.6 Å². The monoisotopic (exact) mass is 245 g/mol. The van der Waals surface area contributed by atoms with Gasteiger partial charge in [-0.3, -0.25) is 0 Å². The highest BCUT2D eigenvalue weighted by Crippen LogP contribution is 2.26. The third-order valence-electron chi connectivity index (χ3n) is 3.40. The molecule has 1 aromatic heterocycles. The summed E-state index contributed by atoms with van der Waals surface area (Å²) < 4.78 is 0. The Hall–Kier alpha value is -1.67. The van der Waals surface area contributed by atoms with Crippen molar-refractivity contribution in [3.05, 3.63) is 17.6 Å². The highest BCUT2D eigenvalue weighted by Gasteiger charge is 2.26. The molecule has 1 saturated heterocycles. The summed E-state index contributed by atoms with van der Waals surface area (Å²) in [6.45, 7) is 7.02. The van der Waals surface area contributed by atoms with Crippen LogP contribution in [0, 0.1) is 23.7 Å². The molecule has 0 aromatic carbocycles. The minimum Gasteiger partial charge on any atom is -0.368 e. The van der Waals surface area contributed by atoms with Gasteiger partial charge in [-0.15, -0.1) is 0 Å². The lowest BCUT2D eigenvalue weighted by Crippen LogP contribution is -2.42. The van der Waals surface area contributed by atoms with E-state index < -0.39 is 0 Å². The number of hydrogen-bond acceptors (Lipinski definition) is 5. The third-order valence-corrected chi connectivity index (χ3v) is 3.40. The van der Waals surface area contributed by atoms with Gasteiger partial charge in [-0.25, -0.2) is 9.97 Å². The van der Waals surface area contributed by atoms with Crippen molar-refractivity contribution >= 4 is 5.82 Å². The van der Waals surface area contributed by atoms with Crippen LogP contribution in [0.5, 0.6) is 0 Å². The van der Waals surface area contributed by atoms with Gasteiger partial charge >= 0.3 is 0 Å².